The number of aliphatic hydroxyl groups is 1. The third-order valence-electron chi connectivity index (χ3n) is 4.45. The van der Waals surface area contributed by atoms with E-state index >= 15 is 0 Å². The van der Waals surface area contributed by atoms with E-state index in [-0.39, 0.29) is 12.5 Å². The fourth-order valence-corrected chi connectivity index (χ4v) is 3.97. The molecule has 2 N–H and O–H groups in total. The van der Waals surface area contributed by atoms with Crippen molar-refractivity contribution < 1.29 is 9.90 Å². The summed E-state index contributed by atoms with van der Waals surface area (Å²) in [5.41, 5.74) is 0. The molecule has 0 spiro atoms. The lowest BCUT2D eigenvalue weighted by Gasteiger charge is -2.08. The first kappa shape index (κ1) is 8.72. The van der Waals surface area contributed by atoms with Crippen LogP contribution in [0.4, 0.5) is 0 Å². The van der Waals surface area contributed by atoms with Crippen LogP contribution in [0.1, 0.15) is 19.3 Å². The Kier molecular flexibility index (Phi) is 1.84. The number of nitrogens with one attached hydrogen (secondary N) is 1. The fourth-order valence-electron chi connectivity index (χ4n) is 3.97. The first-order valence-corrected chi connectivity index (χ1v) is 5.71. The zero-order valence-electron chi connectivity index (χ0n) is 8.28. The molecule has 3 aliphatic rings. The van der Waals surface area contributed by atoms with Gasteiger partial charge in [0.1, 0.15) is 0 Å². The normalized spacial score (nSPS) is 47.6. The minimum Gasteiger partial charge on any atom is -0.395 e. The number of aliphatic hydroxyl groups excluding tert-OH is 1. The van der Waals surface area contributed by atoms with E-state index in [9.17, 15) is 4.79 Å². The molecule has 0 radical (unpaired) electrons. The van der Waals surface area contributed by atoms with E-state index in [1.807, 2.05) is 0 Å². The molecule has 3 heteroatoms. The molecule has 4 atom stereocenters. The molecule has 2 bridgehead atoms. The minimum absolute atomic E-state index is 0.0562. The number of hydrogen-bond donors (Lipinski definition) is 2. The summed E-state index contributed by atoms with van der Waals surface area (Å²) in [5.74, 6) is 3.66. The van der Waals surface area contributed by atoms with Crippen molar-refractivity contribution in [2.24, 2.45) is 29.6 Å². The van der Waals surface area contributed by atoms with Crippen molar-refractivity contribution in [3.8, 4) is 0 Å². The average Bonchev–Trinajstić information content (AvgIpc) is 2.64. The van der Waals surface area contributed by atoms with Gasteiger partial charge in [-0.1, -0.05) is 0 Å². The van der Waals surface area contributed by atoms with Gasteiger partial charge in [-0.3, -0.25) is 4.79 Å². The highest BCUT2D eigenvalue weighted by Crippen LogP contribution is 2.69. The largest absolute Gasteiger partial charge is 0.395 e. The highest BCUT2D eigenvalue weighted by atomic mass is 16.3. The van der Waals surface area contributed by atoms with Crippen LogP contribution in [0, 0.1) is 29.6 Å². The molecule has 3 saturated carbocycles. The zero-order chi connectivity index (χ0) is 9.71. The Morgan fingerprint density at radius 2 is 1.93 bits per heavy atom. The van der Waals surface area contributed by atoms with Gasteiger partial charge in [0, 0.05) is 12.5 Å². The second-order valence-corrected chi connectivity index (χ2v) is 5.03. The van der Waals surface area contributed by atoms with Gasteiger partial charge in [-0.2, -0.15) is 0 Å². The summed E-state index contributed by atoms with van der Waals surface area (Å²) in [6.45, 7) is 0.477. The molecule has 3 nitrogen and oxygen atoms in total. The van der Waals surface area contributed by atoms with Crippen LogP contribution >= 0.6 is 0 Å². The molecule has 4 unspecified atom stereocenters. The van der Waals surface area contributed by atoms with Crippen LogP contribution < -0.4 is 5.32 Å². The van der Waals surface area contributed by atoms with E-state index in [4.69, 9.17) is 5.11 Å². The van der Waals surface area contributed by atoms with Crippen LogP contribution in [0.15, 0.2) is 0 Å². The van der Waals surface area contributed by atoms with E-state index in [1.54, 1.807) is 0 Å². The SMILES string of the molecule is O=C(NCCO)C1C2C3CCC(C3)C12. The van der Waals surface area contributed by atoms with E-state index in [2.05, 4.69) is 5.32 Å². The van der Waals surface area contributed by atoms with Crippen LogP contribution in [0.2, 0.25) is 0 Å². The lowest BCUT2D eigenvalue weighted by molar-refractivity contribution is -0.123. The lowest BCUT2D eigenvalue weighted by atomic mass is 10.0. The first-order valence-electron chi connectivity index (χ1n) is 5.71. The van der Waals surface area contributed by atoms with Gasteiger partial charge in [0.25, 0.3) is 0 Å². The quantitative estimate of drug-likeness (QED) is 0.684. The Labute approximate surface area is 83.9 Å². The molecule has 0 aromatic heterocycles. The maximum atomic E-state index is 11.7. The summed E-state index contributed by atoms with van der Waals surface area (Å²) in [4.78, 5) is 11.7. The Balaban J connectivity index is 1.60. The van der Waals surface area contributed by atoms with Gasteiger partial charge in [0.2, 0.25) is 5.91 Å². The molecular weight excluding hydrogens is 178 g/mol. The van der Waals surface area contributed by atoms with Gasteiger partial charge in [0.15, 0.2) is 0 Å². The number of amides is 1. The van der Waals surface area contributed by atoms with Crippen molar-refractivity contribution in [3.05, 3.63) is 0 Å². The smallest absolute Gasteiger partial charge is 0.223 e. The lowest BCUT2D eigenvalue weighted by Crippen LogP contribution is -2.29. The second kappa shape index (κ2) is 2.96. The fraction of sp³-hybridized carbons (Fsp3) is 0.909. The molecule has 78 valence electrons. The summed E-state index contributed by atoms with van der Waals surface area (Å²) >= 11 is 0. The third kappa shape index (κ3) is 1.05. The van der Waals surface area contributed by atoms with Crippen LogP contribution in [-0.4, -0.2) is 24.2 Å². The summed E-state index contributed by atoms with van der Waals surface area (Å²) < 4.78 is 0. The monoisotopic (exact) mass is 195 g/mol. The van der Waals surface area contributed by atoms with Crippen LogP contribution in [0.3, 0.4) is 0 Å². The van der Waals surface area contributed by atoms with Crippen molar-refractivity contribution in [3.63, 3.8) is 0 Å². The molecular formula is C11H17NO2. The van der Waals surface area contributed by atoms with E-state index < -0.39 is 0 Å². The topological polar surface area (TPSA) is 49.3 Å². The van der Waals surface area contributed by atoms with Crippen LogP contribution in [0.5, 0.6) is 0 Å². The molecule has 3 fully saturated rings. The Bertz CT molecular complexity index is 250. The molecule has 0 saturated heterocycles. The average molecular weight is 195 g/mol. The number of carbonyl (C=O) groups is 1. The molecule has 0 aromatic carbocycles. The van der Waals surface area contributed by atoms with Gasteiger partial charge in [-0.25, -0.2) is 0 Å². The molecule has 3 rings (SSSR count). The minimum atomic E-state index is 0.0562. The van der Waals surface area contributed by atoms with Gasteiger partial charge >= 0.3 is 0 Å². The first-order chi connectivity index (χ1) is 6.83. The maximum absolute atomic E-state index is 11.7. The van der Waals surface area contributed by atoms with Crippen molar-refractivity contribution in [1.29, 1.82) is 0 Å². The predicted octanol–water partition coefficient (Wildman–Crippen LogP) is 0.387. The van der Waals surface area contributed by atoms with Crippen molar-refractivity contribution >= 4 is 5.91 Å². The summed E-state index contributed by atoms with van der Waals surface area (Å²) in [6.07, 6.45) is 4.10. The van der Waals surface area contributed by atoms with E-state index in [0.29, 0.717) is 24.3 Å². The van der Waals surface area contributed by atoms with Gasteiger partial charge in [-0.05, 0) is 42.9 Å². The molecule has 0 aromatic rings. The van der Waals surface area contributed by atoms with E-state index in [0.717, 1.165) is 11.8 Å². The number of hydrogen-bond acceptors (Lipinski definition) is 2. The molecule has 0 aliphatic heterocycles. The van der Waals surface area contributed by atoms with Gasteiger partial charge in [0.05, 0.1) is 6.61 Å². The Hall–Kier alpha value is -0.570. The maximum Gasteiger partial charge on any atom is 0.223 e. The standard InChI is InChI=1S/C11H17NO2/c13-4-3-12-11(14)10-8-6-1-2-7(5-6)9(8)10/h6-10,13H,1-5H2,(H,12,14). The highest BCUT2D eigenvalue weighted by molar-refractivity contribution is 5.82. The van der Waals surface area contributed by atoms with Crippen molar-refractivity contribution in [2.45, 2.75) is 19.3 Å². The van der Waals surface area contributed by atoms with Crippen LogP contribution in [0.25, 0.3) is 0 Å². The molecule has 0 heterocycles. The second-order valence-electron chi connectivity index (χ2n) is 5.03. The predicted molar refractivity (Wildman–Crippen MR) is 51.4 cm³/mol. The van der Waals surface area contributed by atoms with E-state index in [1.165, 1.54) is 19.3 Å². The van der Waals surface area contributed by atoms with Crippen LogP contribution in [-0.2, 0) is 4.79 Å². The summed E-state index contributed by atoms with van der Waals surface area (Å²) in [5, 5.41) is 11.4. The molecule has 3 aliphatic carbocycles. The number of carbonyl (C=O) groups excluding carboxylic acids is 1. The number of fused-ring (bicyclic) bond motifs is 5. The summed E-state index contributed by atoms with van der Waals surface area (Å²) in [7, 11) is 0. The summed E-state index contributed by atoms with van der Waals surface area (Å²) in [6, 6.07) is 0. The zero-order valence-corrected chi connectivity index (χ0v) is 8.28. The Morgan fingerprint density at radius 1 is 1.29 bits per heavy atom. The van der Waals surface area contributed by atoms with Gasteiger partial charge < -0.3 is 10.4 Å². The highest BCUT2D eigenvalue weighted by Gasteiger charge is 2.67. The van der Waals surface area contributed by atoms with Gasteiger partial charge in [-0.15, -0.1) is 0 Å². The van der Waals surface area contributed by atoms with Crippen molar-refractivity contribution in [1.82, 2.24) is 5.32 Å². The number of rotatable bonds is 3. The molecule has 1 amide bonds. The Morgan fingerprint density at radius 3 is 2.50 bits per heavy atom. The molecule has 14 heavy (non-hydrogen) atoms. The third-order valence-corrected chi connectivity index (χ3v) is 4.45. The van der Waals surface area contributed by atoms with Crippen molar-refractivity contribution in [2.75, 3.05) is 13.2 Å².